The van der Waals surface area contributed by atoms with Crippen molar-refractivity contribution in [2.45, 2.75) is 0 Å². The van der Waals surface area contributed by atoms with Crippen LogP contribution in [0.4, 0.5) is 0 Å². The smallest absolute Gasteiger partial charge is 0.175 e. The molecule has 1 aliphatic heterocycles. The summed E-state index contributed by atoms with van der Waals surface area (Å²) in [6, 6.07) is 23.8. The summed E-state index contributed by atoms with van der Waals surface area (Å²) < 4.78 is 20.0. The summed E-state index contributed by atoms with van der Waals surface area (Å²) in [5, 5.41) is 4.70. The van der Waals surface area contributed by atoms with Gasteiger partial charge in [0.05, 0.1) is 11.6 Å². The molecule has 1 aromatic heterocycles. The normalized spacial score (nSPS) is 18.8. The lowest BCUT2D eigenvalue weighted by Crippen LogP contribution is -2.28. The molecule has 5 rings (SSSR count). The van der Waals surface area contributed by atoms with E-state index < -0.39 is 7.14 Å². The summed E-state index contributed by atoms with van der Waals surface area (Å²) in [5.41, 5.74) is 1.03. The number of hydrogen-bond donors (Lipinski definition) is 0. The Balaban J connectivity index is 2.02. The van der Waals surface area contributed by atoms with Crippen molar-refractivity contribution >= 4 is 33.8 Å². The number of furan rings is 1. The van der Waals surface area contributed by atoms with Crippen LogP contribution >= 0.6 is 7.14 Å². The zero-order valence-electron chi connectivity index (χ0n) is 12.3. The Bertz CT molecular complexity index is 1090. The quantitative estimate of drug-likeness (QED) is 0.437. The standard InChI is InChI=1S/C20H13O2P/c21-23(15-8-2-1-3-9-15)17-11-5-7-14-6-4-10-16(19(14)17)20-18(23)12-13-22-20/h1-13H. The van der Waals surface area contributed by atoms with E-state index in [4.69, 9.17) is 4.42 Å². The van der Waals surface area contributed by atoms with E-state index in [2.05, 4.69) is 12.1 Å². The molecule has 0 bridgehead atoms. The van der Waals surface area contributed by atoms with E-state index in [-0.39, 0.29) is 0 Å². The Kier molecular flexibility index (Phi) is 2.51. The van der Waals surface area contributed by atoms with Crippen LogP contribution in [0.25, 0.3) is 22.1 Å². The molecule has 0 spiro atoms. The molecule has 3 aromatic carbocycles. The Morgan fingerprint density at radius 3 is 2.35 bits per heavy atom. The van der Waals surface area contributed by atoms with Crippen molar-refractivity contribution in [1.82, 2.24) is 0 Å². The van der Waals surface area contributed by atoms with E-state index >= 15 is 0 Å². The van der Waals surface area contributed by atoms with Gasteiger partial charge in [-0.1, -0.05) is 66.7 Å². The zero-order chi connectivity index (χ0) is 15.4. The van der Waals surface area contributed by atoms with Gasteiger partial charge in [-0.3, -0.25) is 0 Å². The van der Waals surface area contributed by atoms with Gasteiger partial charge in [-0.2, -0.15) is 0 Å². The zero-order valence-corrected chi connectivity index (χ0v) is 13.2. The third kappa shape index (κ3) is 1.56. The molecule has 2 heterocycles. The lowest BCUT2D eigenvalue weighted by molar-refractivity contribution is 0.581. The molecular formula is C20H13O2P. The van der Waals surface area contributed by atoms with Crippen molar-refractivity contribution in [3.05, 3.63) is 79.1 Å². The maximum absolute atomic E-state index is 14.3. The van der Waals surface area contributed by atoms with Crippen molar-refractivity contribution < 1.29 is 8.98 Å². The predicted molar refractivity (Wildman–Crippen MR) is 94.6 cm³/mol. The minimum Gasteiger partial charge on any atom is -0.464 e. The van der Waals surface area contributed by atoms with Crippen LogP contribution in [-0.4, -0.2) is 0 Å². The molecule has 2 nitrogen and oxygen atoms in total. The third-order valence-corrected chi connectivity index (χ3v) is 7.68. The van der Waals surface area contributed by atoms with Gasteiger partial charge in [-0.25, -0.2) is 0 Å². The van der Waals surface area contributed by atoms with Crippen LogP contribution in [0.3, 0.4) is 0 Å². The molecule has 0 saturated heterocycles. The van der Waals surface area contributed by atoms with Gasteiger partial charge in [0.1, 0.15) is 5.76 Å². The van der Waals surface area contributed by atoms with Crippen LogP contribution in [0.15, 0.2) is 83.5 Å². The largest absolute Gasteiger partial charge is 0.464 e. The Hall–Kier alpha value is -2.57. The summed E-state index contributed by atoms with van der Waals surface area (Å²) in [6.07, 6.45) is 1.64. The fourth-order valence-corrected chi connectivity index (χ4v) is 6.57. The summed E-state index contributed by atoms with van der Waals surface area (Å²) in [7, 11) is -2.91. The van der Waals surface area contributed by atoms with E-state index in [9.17, 15) is 4.57 Å². The van der Waals surface area contributed by atoms with Gasteiger partial charge in [-0.15, -0.1) is 0 Å². The van der Waals surface area contributed by atoms with Crippen molar-refractivity contribution in [1.29, 1.82) is 0 Å². The summed E-state index contributed by atoms with van der Waals surface area (Å²) in [6.45, 7) is 0. The molecule has 1 unspecified atom stereocenters. The highest BCUT2D eigenvalue weighted by Crippen LogP contribution is 2.51. The van der Waals surface area contributed by atoms with Crippen molar-refractivity contribution in [2.75, 3.05) is 0 Å². The van der Waals surface area contributed by atoms with Gasteiger partial charge in [0.25, 0.3) is 0 Å². The first-order valence-corrected chi connectivity index (χ1v) is 9.27. The molecule has 23 heavy (non-hydrogen) atoms. The Labute approximate surface area is 133 Å². The molecule has 0 N–H and O–H groups in total. The monoisotopic (exact) mass is 316 g/mol. The van der Waals surface area contributed by atoms with Crippen LogP contribution < -0.4 is 15.9 Å². The van der Waals surface area contributed by atoms with Gasteiger partial charge in [-0.05, 0) is 11.5 Å². The van der Waals surface area contributed by atoms with Crippen LogP contribution in [0, 0.1) is 0 Å². The second kappa shape index (κ2) is 4.47. The molecule has 110 valence electrons. The minimum atomic E-state index is -2.91. The molecular weight excluding hydrogens is 303 g/mol. The van der Waals surface area contributed by atoms with E-state index in [1.165, 1.54) is 0 Å². The van der Waals surface area contributed by atoms with E-state index in [1.54, 1.807) is 6.26 Å². The van der Waals surface area contributed by atoms with Gasteiger partial charge in [0.15, 0.2) is 7.14 Å². The van der Waals surface area contributed by atoms with E-state index in [0.29, 0.717) is 0 Å². The number of hydrogen-bond acceptors (Lipinski definition) is 2. The molecule has 0 amide bonds. The summed E-state index contributed by atoms with van der Waals surface area (Å²) in [5.74, 6) is 0.737. The minimum absolute atomic E-state index is 0.737. The third-order valence-electron chi connectivity index (χ3n) is 4.57. The first-order valence-electron chi connectivity index (χ1n) is 7.56. The fourth-order valence-electron chi connectivity index (χ4n) is 3.57. The average molecular weight is 316 g/mol. The fraction of sp³-hybridized carbons (Fsp3) is 0. The molecule has 1 aliphatic rings. The Morgan fingerprint density at radius 2 is 1.52 bits per heavy atom. The maximum atomic E-state index is 14.3. The van der Waals surface area contributed by atoms with E-state index in [0.717, 1.165) is 38.0 Å². The van der Waals surface area contributed by atoms with E-state index in [1.807, 2.05) is 60.7 Å². The first kappa shape index (κ1) is 12.9. The van der Waals surface area contributed by atoms with Crippen LogP contribution in [0.5, 0.6) is 0 Å². The van der Waals surface area contributed by atoms with Crippen LogP contribution in [-0.2, 0) is 4.57 Å². The molecule has 0 aliphatic carbocycles. The molecule has 0 saturated carbocycles. The van der Waals surface area contributed by atoms with Gasteiger partial charge < -0.3 is 8.98 Å². The highest BCUT2D eigenvalue weighted by Gasteiger charge is 2.39. The molecule has 4 aromatic rings. The lowest BCUT2D eigenvalue weighted by atomic mass is 10.0. The van der Waals surface area contributed by atoms with Crippen LogP contribution in [0.2, 0.25) is 0 Å². The second-order valence-electron chi connectivity index (χ2n) is 5.76. The predicted octanol–water partition coefficient (Wildman–Crippen LogP) is 4.05. The summed E-state index contributed by atoms with van der Waals surface area (Å²) >= 11 is 0. The first-order chi connectivity index (χ1) is 11.3. The second-order valence-corrected chi connectivity index (χ2v) is 8.46. The maximum Gasteiger partial charge on any atom is 0.175 e. The molecule has 3 heteroatoms. The average Bonchev–Trinajstić information content (AvgIpc) is 3.11. The highest BCUT2D eigenvalue weighted by atomic mass is 31.2. The van der Waals surface area contributed by atoms with Crippen LogP contribution in [0.1, 0.15) is 0 Å². The topological polar surface area (TPSA) is 30.2 Å². The molecule has 0 fully saturated rings. The van der Waals surface area contributed by atoms with Crippen molar-refractivity contribution in [2.24, 2.45) is 0 Å². The number of benzene rings is 3. The van der Waals surface area contributed by atoms with Crippen molar-refractivity contribution in [3.8, 4) is 11.3 Å². The SMILES string of the molecule is O=P1(c2ccccc2)c2ccoc2-c2cccc3cccc1c23. The highest BCUT2D eigenvalue weighted by molar-refractivity contribution is 7.86. The molecule has 1 atom stereocenters. The lowest BCUT2D eigenvalue weighted by Gasteiger charge is -2.26. The summed E-state index contributed by atoms with van der Waals surface area (Å²) in [4.78, 5) is 0. The number of fused-ring (bicyclic) bond motifs is 2. The van der Waals surface area contributed by atoms with Gasteiger partial charge in [0, 0.05) is 21.6 Å². The van der Waals surface area contributed by atoms with Crippen molar-refractivity contribution in [3.63, 3.8) is 0 Å². The van der Waals surface area contributed by atoms with Gasteiger partial charge in [0.2, 0.25) is 0 Å². The Morgan fingerprint density at radius 1 is 0.739 bits per heavy atom. The number of rotatable bonds is 1. The molecule has 0 radical (unpaired) electrons. The van der Waals surface area contributed by atoms with Gasteiger partial charge >= 0.3 is 0 Å².